The van der Waals surface area contributed by atoms with E-state index in [9.17, 15) is 4.79 Å². The molecule has 0 aliphatic rings. The first kappa shape index (κ1) is 11.7. The lowest BCUT2D eigenvalue weighted by Gasteiger charge is -2.18. The summed E-state index contributed by atoms with van der Waals surface area (Å²) in [6.45, 7) is 5.84. The molecule has 15 heavy (non-hydrogen) atoms. The van der Waals surface area contributed by atoms with Crippen molar-refractivity contribution in [3.05, 3.63) is 35.4 Å². The molecule has 1 aromatic carbocycles. The van der Waals surface area contributed by atoms with Gasteiger partial charge in [-0.15, -0.1) is 0 Å². The molecule has 1 amide bonds. The summed E-state index contributed by atoms with van der Waals surface area (Å²) >= 11 is 0. The van der Waals surface area contributed by atoms with Crippen molar-refractivity contribution in [2.75, 3.05) is 0 Å². The van der Waals surface area contributed by atoms with Crippen molar-refractivity contribution < 1.29 is 4.79 Å². The summed E-state index contributed by atoms with van der Waals surface area (Å²) in [4.78, 5) is 10.9. The molecule has 0 radical (unpaired) electrons. The van der Waals surface area contributed by atoms with E-state index in [1.807, 2.05) is 13.8 Å². The van der Waals surface area contributed by atoms with Gasteiger partial charge in [-0.1, -0.05) is 29.8 Å². The zero-order valence-electron chi connectivity index (χ0n) is 9.45. The second-order valence-electron chi connectivity index (χ2n) is 3.92. The molecule has 3 nitrogen and oxygen atoms in total. The van der Waals surface area contributed by atoms with Gasteiger partial charge in [0.15, 0.2) is 0 Å². The number of benzene rings is 1. The number of carbonyl (C=O) groups excluding carboxylic acids is 1. The van der Waals surface area contributed by atoms with Gasteiger partial charge in [0.2, 0.25) is 5.91 Å². The van der Waals surface area contributed by atoms with Crippen LogP contribution < -0.4 is 11.1 Å². The maximum atomic E-state index is 10.9. The Morgan fingerprint density at radius 3 is 2.27 bits per heavy atom. The van der Waals surface area contributed by atoms with Gasteiger partial charge in [0.05, 0.1) is 6.04 Å². The van der Waals surface area contributed by atoms with Crippen molar-refractivity contribution in [3.63, 3.8) is 0 Å². The number of carbonyl (C=O) groups is 1. The molecular formula is C12H18N2O. The monoisotopic (exact) mass is 206 g/mol. The van der Waals surface area contributed by atoms with Crippen LogP contribution in [0.3, 0.4) is 0 Å². The molecule has 0 spiro atoms. The smallest absolute Gasteiger partial charge is 0.234 e. The molecule has 2 atom stereocenters. The molecule has 3 heteroatoms. The van der Waals surface area contributed by atoms with E-state index in [0.717, 1.165) is 5.56 Å². The fourth-order valence-electron chi connectivity index (χ4n) is 1.41. The van der Waals surface area contributed by atoms with Crippen LogP contribution in [0.15, 0.2) is 24.3 Å². The highest BCUT2D eigenvalue weighted by atomic mass is 16.1. The van der Waals surface area contributed by atoms with E-state index in [-0.39, 0.29) is 18.0 Å². The molecular weight excluding hydrogens is 188 g/mol. The Labute approximate surface area is 90.7 Å². The Kier molecular flexibility index (Phi) is 3.86. The second kappa shape index (κ2) is 4.94. The average molecular weight is 206 g/mol. The molecule has 0 bridgehead atoms. The van der Waals surface area contributed by atoms with E-state index in [1.54, 1.807) is 6.92 Å². The lowest BCUT2D eigenvalue weighted by Crippen LogP contribution is -2.39. The van der Waals surface area contributed by atoms with Crippen LogP contribution in [0, 0.1) is 6.92 Å². The third-order valence-corrected chi connectivity index (χ3v) is 2.50. The normalized spacial score (nSPS) is 14.6. The summed E-state index contributed by atoms with van der Waals surface area (Å²) < 4.78 is 0. The number of rotatable bonds is 4. The third kappa shape index (κ3) is 3.36. The van der Waals surface area contributed by atoms with Crippen molar-refractivity contribution >= 4 is 5.91 Å². The van der Waals surface area contributed by atoms with Crippen LogP contribution in [-0.2, 0) is 4.79 Å². The third-order valence-electron chi connectivity index (χ3n) is 2.50. The summed E-state index contributed by atoms with van der Waals surface area (Å²) in [6, 6.07) is 8.06. The second-order valence-corrected chi connectivity index (χ2v) is 3.92. The lowest BCUT2D eigenvalue weighted by atomic mass is 10.1. The Morgan fingerprint density at radius 1 is 1.27 bits per heavy atom. The SMILES string of the molecule is Cc1ccc(C(C)NC(C)C(N)=O)cc1. The molecule has 0 aliphatic heterocycles. The van der Waals surface area contributed by atoms with Gasteiger partial charge in [0, 0.05) is 6.04 Å². The Hall–Kier alpha value is -1.35. The fourth-order valence-corrected chi connectivity index (χ4v) is 1.41. The molecule has 1 aromatic rings. The number of primary amides is 1. The van der Waals surface area contributed by atoms with Crippen molar-refractivity contribution in [1.82, 2.24) is 5.32 Å². The van der Waals surface area contributed by atoms with Crippen molar-refractivity contribution in [2.24, 2.45) is 5.73 Å². The zero-order chi connectivity index (χ0) is 11.4. The largest absolute Gasteiger partial charge is 0.368 e. The number of nitrogens with two attached hydrogens (primary N) is 1. The van der Waals surface area contributed by atoms with Crippen molar-refractivity contribution in [1.29, 1.82) is 0 Å². The van der Waals surface area contributed by atoms with Crippen molar-refractivity contribution in [2.45, 2.75) is 32.9 Å². The average Bonchev–Trinajstić information content (AvgIpc) is 2.18. The van der Waals surface area contributed by atoms with Gasteiger partial charge in [-0.05, 0) is 26.3 Å². The standard InChI is InChI=1S/C12H18N2O/c1-8-4-6-11(7-5-8)9(2)14-10(3)12(13)15/h4-7,9-10,14H,1-3H3,(H2,13,15). The lowest BCUT2D eigenvalue weighted by molar-refractivity contribution is -0.119. The van der Waals surface area contributed by atoms with E-state index < -0.39 is 0 Å². The molecule has 0 aliphatic carbocycles. The first-order valence-corrected chi connectivity index (χ1v) is 5.12. The van der Waals surface area contributed by atoms with E-state index in [0.29, 0.717) is 0 Å². The minimum Gasteiger partial charge on any atom is -0.368 e. The van der Waals surface area contributed by atoms with Gasteiger partial charge in [0.25, 0.3) is 0 Å². The number of hydrogen-bond donors (Lipinski definition) is 2. The van der Waals surface area contributed by atoms with Gasteiger partial charge in [-0.2, -0.15) is 0 Å². The predicted molar refractivity (Wildman–Crippen MR) is 61.4 cm³/mol. The first-order valence-electron chi connectivity index (χ1n) is 5.12. The van der Waals surface area contributed by atoms with Crippen LogP contribution in [0.25, 0.3) is 0 Å². The summed E-state index contributed by atoms with van der Waals surface area (Å²) in [7, 11) is 0. The van der Waals surface area contributed by atoms with Gasteiger partial charge in [-0.3, -0.25) is 10.1 Å². The molecule has 1 rings (SSSR count). The van der Waals surface area contributed by atoms with E-state index in [2.05, 4.69) is 29.6 Å². The minimum atomic E-state index is -0.325. The fraction of sp³-hybridized carbons (Fsp3) is 0.417. The maximum Gasteiger partial charge on any atom is 0.234 e. The summed E-state index contributed by atoms with van der Waals surface area (Å²) in [6.07, 6.45) is 0. The Morgan fingerprint density at radius 2 is 1.80 bits per heavy atom. The minimum absolute atomic E-state index is 0.132. The number of hydrogen-bond acceptors (Lipinski definition) is 2. The summed E-state index contributed by atoms with van der Waals surface area (Å²) in [5.74, 6) is -0.325. The summed E-state index contributed by atoms with van der Waals surface area (Å²) in [5.41, 5.74) is 7.58. The van der Waals surface area contributed by atoms with Crippen LogP contribution in [0.1, 0.15) is 31.0 Å². The van der Waals surface area contributed by atoms with E-state index >= 15 is 0 Å². The molecule has 0 heterocycles. The molecule has 2 unspecified atom stereocenters. The van der Waals surface area contributed by atoms with Crippen LogP contribution >= 0.6 is 0 Å². The molecule has 0 aromatic heterocycles. The molecule has 0 fully saturated rings. The van der Waals surface area contributed by atoms with E-state index in [1.165, 1.54) is 5.56 Å². The molecule has 82 valence electrons. The van der Waals surface area contributed by atoms with Gasteiger partial charge < -0.3 is 5.73 Å². The zero-order valence-corrected chi connectivity index (χ0v) is 9.45. The Bertz CT molecular complexity index is 332. The Balaban J connectivity index is 2.64. The molecule has 0 saturated heterocycles. The molecule has 0 saturated carbocycles. The molecule has 3 N–H and O–H groups in total. The van der Waals surface area contributed by atoms with Crippen LogP contribution in [0.4, 0.5) is 0 Å². The number of aryl methyl sites for hydroxylation is 1. The van der Waals surface area contributed by atoms with Crippen LogP contribution in [0.5, 0.6) is 0 Å². The quantitative estimate of drug-likeness (QED) is 0.784. The van der Waals surface area contributed by atoms with E-state index in [4.69, 9.17) is 5.73 Å². The highest BCUT2D eigenvalue weighted by Crippen LogP contribution is 2.13. The number of amides is 1. The van der Waals surface area contributed by atoms with Gasteiger partial charge in [-0.25, -0.2) is 0 Å². The predicted octanol–water partition coefficient (Wildman–Crippen LogP) is 1.52. The van der Waals surface area contributed by atoms with Crippen LogP contribution in [0.2, 0.25) is 0 Å². The van der Waals surface area contributed by atoms with Crippen LogP contribution in [-0.4, -0.2) is 11.9 Å². The highest BCUT2D eigenvalue weighted by Gasteiger charge is 2.12. The van der Waals surface area contributed by atoms with Crippen molar-refractivity contribution in [3.8, 4) is 0 Å². The first-order chi connectivity index (χ1) is 7.00. The highest BCUT2D eigenvalue weighted by molar-refractivity contribution is 5.79. The topological polar surface area (TPSA) is 55.1 Å². The summed E-state index contributed by atoms with van der Waals surface area (Å²) in [5, 5.41) is 3.14. The van der Waals surface area contributed by atoms with Gasteiger partial charge in [0.1, 0.15) is 0 Å². The maximum absolute atomic E-state index is 10.9. The van der Waals surface area contributed by atoms with Gasteiger partial charge >= 0.3 is 0 Å². The number of nitrogens with one attached hydrogen (secondary N) is 1.